The van der Waals surface area contributed by atoms with Gasteiger partial charge >= 0.3 is 5.97 Å². The van der Waals surface area contributed by atoms with Crippen molar-refractivity contribution in [3.05, 3.63) is 64.7 Å². The van der Waals surface area contributed by atoms with Gasteiger partial charge in [-0.15, -0.1) is 0 Å². The van der Waals surface area contributed by atoms with Crippen molar-refractivity contribution in [3.63, 3.8) is 0 Å². The molecule has 0 saturated carbocycles. The predicted octanol–water partition coefficient (Wildman–Crippen LogP) is 5.38. The predicted molar refractivity (Wildman–Crippen MR) is 95.3 cm³/mol. The number of aromatic carboxylic acids is 1. The lowest BCUT2D eigenvalue weighted by molar-refractivity contribution is 0.0696. The second-order valence-corrected chi connectivity index (χ2v) is 6.29. The van der Waals surface area contributed by atoms with Crippen LogP contribution in [0, 0.1) is 0 Å². The van der Waals surface area contributed by atoms with Gasteiger partial charge in [0.15, 0.2) is 0 Å². The Balaban J connectivity index is 2.59. The number of hydrogen-bond acceptors (Lipinski definition) is 2. The molecule has 2 aromatic carbocycles. The zero-order valence-corrected chi connectivity index (χ0v) is 14.1. The van der Waals surface area contributed by atoms with Gasteiger partial charge in [0.25, 0.3) is 0 Å². The van der Waals surface area contributed by atoms with Gasteiger partial charge in [0.1, 0.15) is 0 Å². The molecule has 0 fully saturated rings. The van der Waals surface area contributed by atoms with Crippen LogP contribution in [0.3, 0.4) is 0 Å². The van der Waals surface area contributed by atoms with Crippen molar-refractivity contribution in [2.75, 3.05) is 0 Å². The number of benzene rings is 2. The molecule has 0 bridgehead atoms. The van der Waals surface area contributed by atoms with Crippen LogP contribution in [0.15, 0.2) is 47.5 Å². The van der Waals surface area contributed by atoms with Gasteiger partial charge < -0.3 is 5.11 Å². The lowest BCUT2D eigenvalue weighted by Gasteiger charge is -2.17. The van der Waals surface area contributed by atoms with Crippen molar-refractivity contribution < 1.29 is 9.90 Å². The summed E-state index contributed by atoms with van der Waals surface area (Å²) in [4.78, 5) is 16.1. The van der Waals surface area contributed by atoms with E-state index in [2.05, 4.69) is 27.7 Å². The molecule has 3 nitrogen and oxygen atoms in total. The van der Waals surface area contributed by atoms with Gasteiger partial charge in [0, 0.05) is 6.21 Å². The molecule has 2 rings (SSSR count). The van der Waals surface area contributed by atoms with E-state index >= 15 is 0 Å². The largest absolute Gasteiger partial charge is 0.478 e. The topological polar surface area (TPSA) is 49.7 Å². The van der Waals surface area contributed by atoms with E-state index < -0.39 is 5.97 Å². The van der Waals surface area contributed by atoms with Crippen molar-refractivity contribution in [2.45, 2.75) is 39.5 Å². The lowest BCUT2D eigenvalue weighted by Crippen LogP contribution is -2.03. The SMILES string of the molecule is CC(C)c1cc(C(=O)O)cc(C(C)C)c1N=Cc1ccccc1. The highest BCUT2D eigenvalue weighted by atomic mass is 16.4. The summed E-state index contributed by atoms with van der Waals surface area (Å²) in [6, 6.07) is 13.4. The van der Waals surface area contributed by atoms with Crippen molar-refractivity contribution in [1.82, 2.24) is 0 Å². The Morgan fingerprint density at radius 3 is 1.96 bits per heavy atom. The van der Waals surface area contributed by atoms with Crippen molar-refractivity contribution in [2.24, 2.45) is 4.99 Å². The third-order valence-corrected chi connectivity index (χ3v) is 3.80. The second-order valence-electron chi connectivity index (χ2n) is 6.29. The smallest absolute Gasteiger partial charge is 0.335 e. The molecule has 0 aromatic heterocycles. The van der Waals surface area contributed by atoms with Gasteiger partial charge in [-0.1, -0.05) is 58.0 Å². The maximum Gasteiger partial charge on any atom is 0.335 e. The van der Waals surface area contributed by atoms with E-state index in [1.54, 1.807) is 12.1 Å². The maximum atomic E-state index is 11.4. The fourth-order valence-corrected chi connectivity index (χ4v) is 2.51. The van der Waals surface area contributed by atoms with Gasteiger partial charge in [-0.2, -0.15) is 0 Å². The van der Waals surface area contributed by atoms with Crippen LogP contribution >= 0.6 is 0 Å². The van der Waals surface area contributed by atoms with Crippen LogP contribution in [0.2, 0.25) is 0 Å². The molecular formula is C20H23NO2. The van der Waals surface area contributed by atoms with Crippen LogP contribution in [-0.4, -0.2) is 17.3 Å². The third kappa shape index (κ3) is 4.07. The molecule has 0 heterocycles. The molecule has 3 heteroatoms. The first kappa shape index (κ1) is 16.9. The third-order valence-electron chi connectivity index (χ3n) is 3.80. The Morgan fingerprint density at radius 2 is 1.52 bits per heavy atom. The van der Waals surface area contributed by atoms with Gasteiger partial charge in [0.2, 0.25) is 0 Å². The quantitative estimate of drug-likeness (QED) is 0.753. The Bertz CT molecular complexity index is 687. The average molecular weight is 309 g/mol. The minimum atomic E-state index is -0.896. The summed E-state index contributed by atoms with van der Waals surface area (Å²) in [6.07, 6.45) is 1.84. The monoisotopic (exact) mass is 309 g/mol. The van der Waals surface area contributed by atoms with Crippen LogP contribution < -0.4 is 0 Å². The molecule has 0 aliphatic rings. The van der Waals surface area contributed by atoms with E-state index in [0.29, 0.717) is 5.56 Å². The molecule has 23 heavy (non-hydrogen) atoms. The first-order chi connectivity index (χ1) is 10.9. The van der Waals surface area contributed by atoms with Crippen LogP contribution in [0.4, 0.5) is 5.69 Å². The van der Waals surface area contributed by atoms with E-state index in [1.165, 1.54) is 0 Å². The highest BCUT2D eigenvalue weighted by molar-refractivity contribution is 5.90. The second kappa shape index (κ2) is 7.23. The summed E-state index contributed by atoms with van der Waals surface area (Å²) in [5.41, 5.74) is 4.20. The molecule has 0 aliphatic carbocycles. The van der Waals surface area contributed by atoms with E-state index in [9.17, 15) is 9.90 Å². The minimum absolute atomic E-state index is 0.203. The van der Waals surface area contributed by atoms with Crippen LogP contribution in [0.5, 0.6) is 0 Å². The van der Waals surface area contributed by atoms with E-state index in [1.807, 2.05) is 36.5 Å². The molecule has 0 atom stereocenters. The number of carbonyl (C=O) groups is 1. The van der Waals surface area contributed by atoms with E-state index in [0.717, 1.165) is 22.4 Å². The van der Waals surface area contributed by atoms with Crippen LogP contribution in [0.1, 0.15) is 66.6 Å². The fourth-order valence-electron chi connectivity index (χ4n) is 2.51. The van der Waals surface area contributed by atoms with Gasteiger partial charge in [0.05, 0.1) is 11.3 Å². The molecule has 0 radical (unpaired) electrons. The Kier molecular flexibility index (Phi) is 5.32. The van der Waals surface area contributed by atoms with E-state index in [-0.39, 0.29) is 11.8 Å². The fraction of sp³-hybridized carbons (Fsp3) is 0.300. The molecule has 120 valence electrons. The molecule has 0 spiro atoms. The molecule has 1 N–H and O–H groups in total. The normalized spacial score (nSPS) is 11.6. The van der Waals surface area contributed by atoms with E-state index in [4.69, 9.17) is 4.99 Å². The average Bonchev–Trinajstić information content (AvgIpc) is 2.52. The van der Waals surface area contributed by atoms with Crippen molar-refractivity contribution in [1.29, 1.82) is 0 Å². The number of aliphatic imine (C=N–C) groups is 1. The summed E-state index contributed by atoms with van der Waals surface area (Å²) >= 11 is 0. The molecular weight excluding hydrogens is 286 g/mol. The number of carboxylic acids is 1. The van der Waals surface area contributed by atoms with Crippen molar-refractivity contribution in [3.8, 4) is 0 Å². The Labute approximate surface area is 137 Å². The Hall–Kier alpha value is -2.42. The Morgan fingerprint density at radius 1 is 1.00 bits per heavy atom. The highest BCUT2D eigenvalue weighted by Crippen LogP contribution is 2.36. The zero-order valence-electron chi connectivity index (χ0n) is 14.1. The first-order valence-corrected chi connectivity index (χ1v) is 7.90. The summed E-state index contributed by atoms with van der Waals surface area (Å²) < 4.78 is 0. The molecule has 0 aliphatic heterocycles. The standard InChI is InChI=1S/C20H23NO2/c1-13(2)17-10-16(20(22)23)11-18(14(3)4)19(17)21-12-15-8-6-5-7-9-15/h5-14H,1-4H3,(H,22,23). The molecule has 2 aromatic rings. The van der Waals surface area contributed by atoms with Gasteiger partial charge in [-0.3, -0.25) is 4.99 Å². The molecule has 0 unspecified atom stereocenters. The maximum absolute atomic E-state index is 11.4. The zero-order chi connectivity index (χ0) is 17.0. The number of hydrogen-bond donors (Lipinski definition) is 1. The lowest BCUT2D eigenvalue weighted by atomic mass is 9.90. The summed E-state index contributed by atoms with van der Waals surface area (Å²) in [5.74, 6) is -0.489. The number of nitrogens with zero attached hydrogens (tertiary/aromatic N) is 1. The summed E-state index contributed by atoms with van der Waals surface area (Å²) in [7, 11) is 0. The molecule has 0 saturated heterocycles. The first-order valence-electron chi connectivity index (χ1n) is 7.90. The molecule has 0 amide bonds. The van der Waals surface area contributed by atoms with Gasteiger partial charge in [-0.05, 0) is 40.7 Å². The number of carboxylic acid groups (broad SMARTS) is 1. The van der Waals surface area contributed by atoms with Crippen LogP contribution in [-0.2, 0) is 0 Å². The minimum Gasteiger partial charge on any atom is -0.478 e. The highest BCUT2D eigenvalue weighted by Gasteiger charge is 2.17. The van der Waals surface area contributed by atoms with Crippen LogP contribution in [0.25, 0.3) is 0 Å². The van der Waals surface area contributed by atoms with Gasteiger partial charge in [-0.25, -0.2) is 4.79 Å². The van der Waals surface area contributed by atoms with Crippen molar-refractivity contribution >= 4 is 17.9 Å². The number of rotatable bonds is 5. The summed E-state index contributed by atoms with van der Waals surface area (Å²) in [6.45, 7) is 8.25. The summed E-state index contributed by atoms with van der Waals surface area (Å²) in [5, 5.41) is 9.36.